The van der Waals surface area contributed by atoms with Gasteiger partial charge >= 0.3 is 11.9 Å². The molecule has 51 heavy (non-hydrogen) atoms. The van der Waals surface area contributed by atoms with Crippen LogP contribution in [0.3, 0.4) is 0 Å². The van der Waals surface area contributed by atoms with E-state index < -0.39 is 0 Å². The molecular weight excluding hydrogens is 634 g/mol. The molecule has 0 aliphatic heterocycles. The highest BCUT2D eigenvalue weighted by Crippen LogP contribution is 2.37. The maximum absolute atomic E-state index is 12.0. The maximum atomic E-state index is 12.0. The minimum absolute atomic E-state index is 0.149. The van der Waals surface area contributed by atoms with Crippen LogP contribution in [0.25, 0.3) is 0 Å². The molecule has 1 aliphatic carbocycles. The van der Waals surface area contributed by atoms with Crippen molar-refractivity contribution in [3.8, 4) is 0 Å². The first-order chi connectivity index (χ1) is 24.9. The molecule has 4 rings (SSSR count). The molecule has 2 atom stereocenters. The lowest BCUT2D eigenvalue weighted by atomic mass is 9.75. The van der Waals surface area contributed by atoms with E-state index in [1.54, 1.807) is 0 Å². The second kappa shape index (κ2) is 23.9. The molecule has 0 aromatic heterocycles. The van der Waals surface area contributed by atoms with Gasteiger partial charge < -0.3 is 14.2 Å². The predicted octanol–water partition coefficient (Wildman–Crippen LogP) is 10.5. The lowest BCUT2D eigenvalue weighted by Crippen LogP contribution is -2.33. The van der Waals surface area contributed by atoms with Gasteiger partial charge in [-0.2, -0.15) is 0 Å². The van der Waals surface area contributed by atoms with Crippen LogP contribution in [0.2, 0.25) is 0 Å². The molecule has 0 saturated heterocycles. The van der Waals surface area contributed by atoms with Crippen molar-refractivity contribution in [2.24, 2.45) is 5.41 Å². The Morgan fingerprint density at radius 3 is 2.04 bits per heavy atom. The summed E-state index contributed by atoms with van der Waals surface area (Å²) in [6, 6.07) is 27.5. The molecule has 3 aromatic rings. The highest BCUT2D eigenvalue weighted by atomic mass is 16.5. The molecule has 1 fully saturated rings. The highest BCUT2D eigenvalue weighted by molar-refractivity contribution is 5.89. The summed E-state index contributed by atoms with van der Waals surface area (Å²) in [6.45, 7) is 9.83. The zero-order chi connectivity index (χ0) is 36.7. The van der Waals surface area contributed by atoms with Gasteiger partial charge in [0.1, 0.15) is 0 Å². The van der Waals surface area contributed by atoms with Gasteiger partial charge in [0.05, 0.1) is 32.5 Å². The minimum atomic E-state index is -0.317. The average molecular weight is 700 g/mol. The molecule has 0 N–H and O–H groups in total. The number of carbonyl (C=O) groups is 2. The van der Waals surface area contributed by atoms with Crippen LogP contribution in [0, 0.1) is 5.41 Å². The largest absolute Gasteiger partial charge is 0.469 e. The number of benzene rings is 3. The quantitative estimate of drug-likeness (QED) is 0.103. The minimum Gasteiger partial charge on any atom is -0.469 e. The van der Waals surface area contributed by atoms with Gasteiger partial charge in [-0.15, -0.1) is 0 Å². The number of aryl methyl sites for hydroxylation is 2. The van der Waals surface area contributed by atoms with Crippen LogP contribution in [0.5, 0.6) is 0 Å². The van der Waals surface area contributed by atoms with E-state index in [9.17, 15) is 9.59 Å². The molecule has 0 amide bonds. The summed E-state index contributed by atoms with van der Waals surface area (Å²) in [7, 11) is 2.86. The number of rotatable bonds is 17. The summed E-state index contributed by atoms with van der Waals surface area (Å²) in [4.78, 5) is 26.2. The fourth-order valence-electron chi connectivity index (χ4n) is 7.05. The second-order valence-corrected chi connectivity index (χ2v) is 14.3. The van der Waals surface area contributed by atoms with E-state index in [1.807, 2.05) is 38.1 Å². The smallest absolute Gasteiger partial charge is 0.337 e. The van der Waals surface area contributed by atoms with E-state index in [4.69, 9.17) is 14.2 Å². The molecule has 0 heterocycles. The third-order valence-electron chi connectivity index (χ3n) is 10.2. The summed E-state index contributed by atoms with van der Waals surface area (Å²) < 4.78 is 16.5. The number of esters is 2. The number of ether oxygens (including phenoxy) is 3. The third-order valence-corrected chi connectivity index (χ3v) is 10.2. The van der Waals surface area contributed by atoms with Crippen LogP contribution in [-0.2, 0) is 45.0 Å². The molecule has 6 nitrogen and oxygen atoms in total. The predicted molar refractivity (Wildman–Crippen MR) is 209 cm³/mol. The zero-order valence-electron chi connectivity index (χ0n) is 32.3. The number of hydrogen-bond donors (Lipinski definition) is 0. The summed E-state index contributed by atoms with van der Waals surface area (Å²) >= 11 is 0. The molecule has 1 aliphatic rings. The van der Waals surface area contributed by atoms with Gasteiger partial charge in [-0.1, -0.05) is 120 Å². The van der Waals surface area contributed by atoms with Crippen LogP contribution in [0.1, 0.15) is 130 Å². The van der Waals surface area contributed by atoms with Crippen molar-refractivity contribution >= 4 is 11.9 Å². The van der Waals surface area contributed by atoms with Crippen LogP contribution >= 0.6 is 0 Å². The van der Waals surface area contributed by atoms with Crippen molar-refractivity contribution in [3.63, 3.8) is 0 Å². The highest BCUT2D eigenvalue weighted by Gasteiger charge is 2.29. The molecule has 0 bridgehead atoms. The number of nitrogens with zero attached hydrogens (tertiary/aromatic N) is 1. The Hall–Kier alpha value is -3.48. The van der Waals surface area contributed by atoms with E-state index in [0.29, 0.717) is 18.6 Å². The fourth-order valence-corrected chi connectivity index (χ4v) is 7.05. The normalized spacial score (nSPS) is 18.0. The Balaban J connectivity index is 0.00000345. The van der Waals surface area contributed by atoms with Gasteiger partial charge in [0.25, 0.3) is 0 Å². The second-order valence-electron chi connectivity index (χ2n) is 14.3. The number of unbranched alkanes of at least 4 members (excludes halogenated alkanes) is 1. The third kappa shape index (κ3) is 16.2. The van der Waals surface area contributed by atoms with Gasteiger partial charge in [-0.05, 0) is 104 Å². The Morgan fingerprint density at radius 1 is 0.725 bits per heavy atom. The van der Waals surface area contributed by atoms with Crippen LogP contribution in [-0.4, -0.2) is 50.3 Å². The zero-order valence-corrected chi connectivity index (χ0v) is 32.3. The van der Waals surface area contributed by atoms with Gasteiger partial charge in [0.15, 0.2) is 0 Å². The molecule has 3 aromatic carbocycles. The van der Waals surface area contributed by atoms with E-state index >= 15 is 0 Å². The lowest BCUT2D eigenvalue weighted by Gasteiger charge is -2.36. The molecule has 0 radical (unpaired) electrons. The Kier molecular flexibility index (Phi) is 19.6. The molecule has 280 valence electrons. The monoisotopic (exact) mass is 699 g/mol. The van der Waals surface area contributed by atoms with Crippen molar-refractivity contribution in [2.75, 3.05) is 27.3 Å². The SMILES string of the molecule is CC.COC(=O)CCCCN(CCC1(C)CCCCCCCC(OCc2ccc(CCc3ccccc3)cc2)C1)Cc1ccc(C(=O)OC)cc1. The maximum Gasteiger partial charge on any atom is 0.337 e. The summed E-state index contributed by atoms with van der Waals surface area (Å²) in [5.74, 6) is -0.466. The van der Waals surface area contributed by atoms with Crippen molar-refractivity contribution < 1.29 is 23.8 Å². The van der Waals surface area contributed by atoms with Crippen molar-refractivity contribution in [1.29, 1.82) is 0 Å². The van der Waals surface area contributed by atoms with E-state index in [-0.39, 0.29) is 23.5 Å². The molecule has 0 spiro atoms. The first-order valence-electron chi connectivity index (χ1n) is 19.6. The van der Waals surface area contributed by atoms with Crippen LogP contribution < -0.4 is 0 Å². The van der Waals surface area contributed by atoms with Crippen molar-refractivity contribution in [1.82, 2.24) is 4.90 Å². The first-order valence-corrected chi connectivity index (χ1v) is 19.6. The van der Waals surface area contributed by atoms with E-state index in [1.165, 1.54) is 75.0 Å². The number of carbonyl (C=O) groups excluding carboxylic acids is 2. The Bertz CT molecular complexity index is 1370. The van der Waals surface area contributed by atoms with Crippen LogP contribution in [0.4, 0.5) is 0 Å². The van der Waals surface area contributed by atoms with Crippen molar-refractivity contribution in [3.05, 3.63) is 107 Å². The number of methoxy groups -OCH3 is 2. The van der Waals surface area contributed by atoms with Gasteiger partial charge in [-0.25, -0.2) is 4.79 Å². The van der Waals surface area contributed by atoms with Crippen LogP contribution in [0.15, 0.2) is 78.9 Å². The van der Waals surface area contributed by atoms with Gasteiger partial charge in [0, 0.05) is 13.0 Å². The van der Waals surface area contributed by atoms with E-state index in [2.05, 4.69) is 66.4 Å². The first kappa shape index (κ1) is 41.9. The van der Waals surface area contributed by atoms with E-state index in [0.717, 1.165) is 64.6 Å². The summed E-state index contributed by atoms with van der Waals surface area (Å²) in [5, 5.41) is 0. The average Bonchev–Trinajstić information content (AvgIpc) is 3.17. The Labute approximate surface area is 309 Å². The molecule has 1 saturated carbocycles. The number of hydrogen-bond acceptors (Lipinski definition) is 6. The summed E-state index contributed by atoms with van der Waals surface area (Å²) in [5.41, 5.74) is 5.91. The standard InChI is InChI=1S/C43H59NO5.C2H6/c1-43(29-31-44(30-13-11-17-41(45)47-2)33-37-24-26-39(27-25-37)42(46)48-3)28-12-6-4-5-10-16-40(32-43)49-34-38-22-20-36(21-23-38)19-18-35-14-8-7-9-15-35;1-2/h7-9,14-15,20-27,40H,4-6,10-13,16-19,28-34H2,1-3H3;1-2H3. The van der Waals surface area contributed by atoms with Gasteiger partial charge in [-0.3, -0.25) is 9.69 Å². The molecule has 6 heteroatoms. The fraction of sp³-hybridized carbons (Fsp3) is 0.556. The molecule has 2 unspecified atom stereocenters. The lowest BCUT2D eigenvalue weighted by molar-refractivity contribution is -0.140. The Morgan fingerprint density at radius 2 is 1.35 bits per heavy atom. The van der Waals surface area contributed by atoms with Crippen molar-refractivity contribution in [2.45, 2.75) is 130 Å². The molecular formula is C45H65NO5. The topological polar surface area (TPSA) is 65.1 Å². The summed E-state index contributed by atoms with van der Waals surface area (Å²) in [6.07, 6.45) is 15.5. The van der Waals surface area contributed by atoms with Gasteiger partial charge in [0.2, 0.25) is 0 Å².